The smallest absolute Gasteiger partial charge is 0.342 e. The van der Waals surface area contributed by atoms with Crippen LogP contribution in [0.4, 0.5) is 11.5 Å². The third kappa shape index (κ3) is 5.88. The predicted molar refractivity (Wildman–Crippen MR) is 105 cm³/mol. The summed E-state index contributed by atoms with van der Waals surface area (Å²) in [7, 11) is 0. The number of hydrogen-bond acceptors (Lipinski definition) is 10. The normalized spacial score (nSPS) is 10.6. The zero-order valence-corrected chi connectivity index (χ0v) is 16.1. The van der Waals surface area contributed by atoms with Gasteiger partial charge in [-0.05, 0) is 13.8 Å². The zero-order chi connectivity index (χ0) is 22.1. The molecule has 0 aliphatic rings. The summed E-state index contributed by atoms with van der Waals surface area (Å²) < 4.78 is 10.7. The molecule has 0 spiro atoms. The van der Waals surface area contributed by atoms with Crippen molar-refractivity contribution in [3.05, 3.63) is 48.6 Å². The number of anilines is 1. The molecule has 1 aromatic heterocycles. The first kappa shape index (κ1) is 22.1. The lowest BCUT2D eigenvalue weighted by molar-refractivity contribution is -0.385. The number of rotatable bonds is 10. The number of nitro groups is 1. The number of nitrogens with zero attached hydrogens (tertiary/aromatic N) is 3. The van der Waals surface area contributed by atoms with Gasteiger partial charge in [0.1, 0.15) is 5.75 Å². The number of H-pyrrole nitrogens is 2. The van der Waals surface area contributed by atoms with Gasteiger partial charge < -0.3 is 14.8 Å². The lowest BCUT2D eigenvalue weighted by Crippen LogP contribution is -2.31. The first-order valence-electron chi connectivity index (χ1n) is 8.68. The number of nitrogens with one attached hydrogen (secondary N) is 4. The Morgan fingerprint density at radius 3 is 2.60 bits per heavy atom. The van der Waals surface area contributed by atoms with E-state index in [2.05, 4.69) is 20.9 Å². The van der Waals surface area contributed by atoms with Crippen molar-refractivity contribution in [1.29, 1.82) is 0 Å². The van der Waals surface area contributed by atoms with Gasteiger partial charge in [0.2, 0.25) is 11.6 Å². The maximum Gasteiger partial charge on any atom is 0.342 e. The minimum Gasteiger partial charge on any atom is -0.493 e. The van der Waals surface area contributed by atoms with Crippen LogP contribution in [0.15, 0.2) is 26.8 Å². The fourth-order valence-corrected chi connectivity index (χ4v) is 2.21. The zero-order valence-electron chi connectivity index (χ0n) is 16.1. The van der Waals surface area contributed by atoms with Crippen molar-refractivity contribution in [2.45, 2.75) is 13.8 Å². The molecule has 2 rings (SSSR count). The van der Waals surface area contributed by atoms with Gasteiger partial charge >= 0.3 is 11.4 Å². The van der Waals surface area contributed by atoms with Gasteiger partial charge in [-0.1, -0.05) is 0 Å². The molecular formula is C16H19N7O7. The monoisotopic (exact) mass is 421 g/mol. The minimum absolute atomic E-state index is 0.0509. The number of aromatic amines is 2. The van der Waals surface area contributed by atoms with Gasteiger partial charge in [-0.25, -0.2) is 15.3 Å². The molecule has 160 valence electrons. The maximum atomic E-state index is 11.9. The van der Waals surface area contributed by atoms with Crippen molar-refractivity contribution in [2.24, 2.45) is 5.10 Å². The summed E-state index contributed by atoms with van der Waals surface area (Å²) in [6.45, 7) is 3.58. The Morgan fingerprint density at radius 2 is 1.97 bits per heavy atom. The van der Waals surface area contributed by atoms with E-state index in [1.807, 2.05) is 10.1 Å². The number of carbonyl (C=O) groups is 1. The molecule has 14 heteroatoms. The molecule has 0 saturated heterocycles. The van der Waals surface area contributed by atoms with E-state index in [1.54, 1.807) is 13.8 Å². The van der Waals surface area contributed by atoms with Crippen molar-refractivity contribution in [3.8, 4) is 11.5 Å². The fourth-order valence-electron chi connectivity index (χ4n) is 2.21. The number of ether oxygens (including phenoxy) is 2. The number of carbonyl (C=O) groups excluding carboxylic acids is 1. The van der Waals surface area contributed by atoms with Gasteiger partial charge in [0.15, 0.2) is 0 Å². The minimum atomic E-state index is -0.793. The molecule has 0 aliphatic carbocycles. The van der Waals surface area contributed by atoms with Crippen LogP contribution in [0.5, 0.6) is 11.5 Å². The summed E-state index contributed by atoms with van der Waals surface area (Å²) in [5, 5.41) is 22.9. The standard InChI is InChI=1S/C16H19N7O7/c1-3-29-11-6-12(30-4-2)10(23(27)28)5-9(11)7-18-20-13(24)8-17-14-15(25)19-16(26)22-21-14/h5-7H,3-4,8H2,1-2H3,(H,17,21)(H,20,24)(H2,19,22,25,26)/b18-7+. The number of amides is 1. The van der Waals surface area contributed by atoms with Crippen molar-refractivity contribution >= 4 is 23.6 Å². The summed E-state index contributed by atoms with van der Waals surface area (Å²) in [6.07, 6.45) is 1.18. The Labute approximate surface area is 168 Å². The van der Waals surface area contributed by atoms with E-state index >= 15 is 0 Å². The second kappa shape index (κ2) is 10.4. The van der Waals surface area contributed by atoms with Crippen LogP contribution in [0.2, 0.25) is 0 Å². The lowest BCUT2D eigenvalue weighted by atomic mass is 10.1. The highest BCUT2D eigenvalue weighted by atomic mass is 16.6. The molecule has 0 radical (unpaired) electrons. The van der Waals surface area contributed by atoms with Crippen LogP contribution in [0.1, 0.15) is 19.4 Å². The quantitative estimate of drug-likeness (QED) is 0.227. The predicted octanol–water partition coefficient (Wildman–Crippen LogP) is -0.274. The van der Waals surface area contributed by atoms with Crippen LogP contribution in [-0.4, -0.2) is 52.0 Å². The van der Waals surface area contributed by atoms with E-state index < -0.39 is 22.1 Å². The molecule has 4 N–H and O–H groups in total. The average Bonchev–Trinajstić information content (AvgIpc) is 2.69. The molecular weight excluding hydrogens is 402 g/mol. The Bertz CT molecular complexity index is 1060. The van der Waals surface area contributed by atoms with Crippen LogP contribution in [0, 0.1) is 10.1 Å². The fraction of sp³-hybridized carbons (Fsp3) is 0.312. The molecule has 0 atom stereocenters. The maximum absolute atomic E-state index is 11.9. The average molecular weight is 421 g/mol. The van der Waals surface area contributed by atoms with Crippen LogP contribution >= 0.6 is 0 Å². The first-order chi connectivity index (χ1) is 14.3. The molecule has 1 heterocycles. The summed E-state index contributed by atoms with van der Waals surface area (Å²) in [4.78, 5) is 46.8. The molecule has 1 amide bonds. The summed E-state index contributed by atoms with van der Waals surface area (Å²) in [5.41, 5.74) is 0.582. The van der Waals surface area contributed by atoms with E-state index in [9.17, 15) is 24.5 Å². The Morgan fingerprint density at radius 1 is 1.27 bits per heavy atom. The van der Waals surface area contributed by atoms with Crippen molar-refractivity contribution < 1.29 is 19.2 Å². The third-order valence-corrected chi connectivity index (χ3v) is 3.41. The number of benzene rings is 1. The van der Waals surface area contributed by atoms with Crippen molar-refractivity contribution in [1.82, 2.24) is 20.6 Å². The van der Waals surface area contributed by atoms with Crippen LogP contribution in [-0.2, 0) is 4.79 Å². The molecule has 0 bridgehead atoms. The van der Waals surface area contributed by atoms with Gasteiger partial charge in [-0.15, -0.1) is 5.10 Å². The topological polar surface area (TPSA) is 194 Å². The largest absolute Gasteiger partial charge is 0.493 e. The van der Waals surface area contributed by atoms with Gasteiger partial charge in [-0.2, -0.15) is 5.10 Å². The molecule has 30 heavy (non-hydrogen) atoms. The molecule has 0 unspecified atom stereocenters. The Hall–Kier alpha value is -4.23. The van der Waals surface area contributed by atoms with Gasteiger partial charge in [0.25, 0.3) is 11.5 Å². The second-order valence-electron chi connectivity index (χ2n) is 5.48. The number of hydrogen-bond donors (Lipinski definition) is 4. The Balaban J connectivity index is 2.10. The highest BCUT2D eigenvalue weighted by Crippen LogP contribution is 2.34. The molecule has 0 saturated carbocycles. The number of hydrazone groups is 1. The third-order valence-electron chi connectivity index (χ3n) is 3.41. The summed E-state index contributed by atoms with van der Waals surface area (Å²) in [6, 6.07) is 2.59. The number of aromatic nitrogens is 3. The first-order valence-corrected chi connectivity index (χ1v) is 8.68. The van der Waals surface area contributed by atoms with Gasteiger partial charge in [-0.3, -0.25) is 24.7 Å². The molecule has 0 aliphatic heterocycles. The summed E-state index contributed by atoms with van der Waals surface area (Å²) in [5.74, 6) is -0.562. The van der Waals surface area contributed by atoms with Crippen molar-refractivity contribution in [3.63, 3.8) is 0 Å². The summed E-state index contributed by atoms with van der Waals surface area (Å²) >= 11 is 0. The SMILES string of the molecule is CCOc1cc(OCC)c([N+](=O)[O-])cc1/C=N/NC(=O)CNc1n[nH]c(=O)[nH]c1=O. The highest BCUT2D eigenvalue weighted by Gasteiger charge is 2.19. The Kier molecular flexibility index (Phi) is 7.61. The van der Waals surface area contributed by atoms with E-state index in [0.717, 1.165) is 0 Å². The van der Waals surface area contributed by atoms with Crippen LogP contribution in [0.3, 0.4) is 0 Å². The van der Waals surface area contributed by atoms with Crippen molar-refractivity contribution in [2.75, 3.05) is 25.1 Å². The molecule has 14 nitrogen and oxygen atoms in total. The van der Waals surface area contributed by atoms with Gasteiger partial charge in [0.05, 0.1) is 30.9 Å². The van der Waals surface area contributed by atoms with E-state index in [4.69, 9.17) is 9.47 Å². The van der Waals surface area contributed by atoms with E-state index in [-0.39, 0.29) is 41.7 Å². The van der Waals surface area contributed by atoms with Crippen LogP contribution in [0.25, 0.3) is 0 Å². The van der Waals surface area contributed by atoms with Gasteiger partial charge in [0, 0.05) is 17.7 Å². The van der Waals surface area contributed by atoms with E-state index in [1.165, 1.54) is 18.3 Å². The molecule has 2 aromatic rings. The number of nitro benzene ring substituents is 1. The van der Waals surface area contributed by atoms with Crippen LogP contribution < -0.4 is 31.5 Å². The lowest BCUT2D eigenvalue weighted by Gasteiger charge is -2.10. The van der Waals surface area contributed by atoms with E-state index in [0.29, 0.717) is 6.61 Å². The molecule has 0 fully saturated rings. The molecule has 1 aromatic carbocycles. The second-order valence-corrected chi connectivity index (χ2v) is 5.48. The highest BCUT2D eigenvalue weighted by molar-refractivity contribution is 5.87.